The Hall–Kier alpha value is -2.90. The Morgan fingerprint density at radius 1 is 1.31 bits per heavy atom. The maximum atomic E-state index is 14.4. The molecule has 0 fully saturated rings. The zero-order valence-electron chi connectivity index (χ0n) is 17.8. The van der Waals surface area contributed by atoms with Gasteiger partial charge in [-0.25, -0.2) is 19.2 Å². The first-order valence-corrected chi connectivity index (χ1v) is 12.4. The summed E-state index contributed by atoms with van der Waals surface area (Å²) in [5.41, 5.74) is -1.82. The van der Waals surface area contributed by atoms with Crippen LogP contribution in [0, 0.1) is 5.82 Å². The molecule has 14 heteroatoms. The van der Waals surface area contributed by atoms with Crippen molar-refractivity contribution in [1.82, 2.24) is 9.97 Å². The molecule has 0 aliphatic carbocycles. The molecule has 1 aromatic carbocycles. The van der Waals surface area contributed by atoms with Crippen LogP contribution in [0.25, 0.3) is 11.3 Å². The summed E-state index contributed by atoms with van der Waals surface area (Å²) in [7, 11) is 0. The SMILES string of the molecule is CSCCC(Nc1ncc(C(=O)Nc2nc(-c3cccc(C(F)(F)F)c3F)cs2)cc1Cl)C(=O)O. The summed E-state index contributed by atoms with van der Waals surface area (Å²) < 4.78 is 53.3. The van der Waals surface area contributed by atoms with Crippen LogP contribution >= 0.6 is 34.7 Å². The number of hydrogen-bond acceptors (Lipinski definition) is 7. The Morgan fingerprint density at radius 3 is 2.69 bits per heavy atom. The number of anilines is 2. The van der Waals surface area contributed by atoms with Gasteiger partial charge in [0.1, 0.15) is 17.7 Å². The van der Waals surface area contributed by atoms with Crippen molar-refractivity contribution in [3.63, 3.8) is 0 Å². The molecule has 35 heavy (non-hydrogen) atoms. The normalized spacial score (nSPS) is 12.3. The highest BCUT2D eigenvalue weighted by molar-refractivity contribution is 7.98. The van der Waals surface area contributed by atoms with E-state index in [1.54, 1.807) is 0 Å². The number of halogens is 5. The second-order valence-electron chi connectivity index (χ2n) is 7.03. The molecule has 0 spiro atoms. The van der Waals surface area contributed by atoms with Gasteiger partial charge < -0.3 is 10.4 Å². The standard InChI is InChI=1S/C21H17ClF4N4O3S2/c1-34-6-5-14(19(32)33)28-17-13(22)7-10(8-27-17)18(31)30-20-29-15(9-35-20)11-3-2-4-12(16(11)23)21(24,25)26/h2-4,7-9,14H,5-6H2,1H3,(H,27,28)(H,32,33)(H,29,30,31). The summed E-state index contributed by atoms with van der Waals surface area (Å²) in [4.78, 5) is 32.0. The minimum atomic E-state index is -4.86. The van der Waals surface area contributed by atoms with Crippen LogP contribution < -0.4 is 10.6 Å². The topological polar surface area (TPSA) is 104 Å². The number of carbonyl (C=O) groups excluding carboxylic acids is 1. The smallest absolute Gasteiger partial charge is 0.419 e. The van der Waals surface area contributed by atoms with Gasteiger partial charge >= 0.3 is 12.1 Å². The van der Waals surface area contributed by atoms with E-state index in [9.17, 15) is 32.3 Å². The third-order valence-corrected chi connectivity index (χ3v) is 6.32. The summed E-state index contributed by atoms with van der Waals surface area (Å²) in [5, 5.41) is 15.8. The molecule has 0 aliphatic heterocycles. The molecule has 0 saturated carbocycles. The highest BCUT2D eigenvalue weighted by Crippen LogP contribution is 2.36. The van der Waals surface area contributed by atoms with Crippen molar-refractivity contribution < 1.29 is 32.3 Å². The monoisotopic (exact) mass is 548 g/mol. The first kappa shape index (κ1) is 26.7. The first-order valence-electron chi connectivity index (χ1n) is 9.78. The molecule has 1 atom stereocenters. The van der Waals surface area contributed by atoms with Crippen LogP contribution in [0.2, 0.25) is 5.02 Å². The highest BCUT2D eigenvalue weighted by atomic mass is 35.5. The van der Waals surface area contributed by atoms with Crippen molar-refractivity contribution in [2.24, 2.45) is 0 Å². The van der Waals surface area contributed by atoms with Crippen molar-refractivity contribution in [1.29, 1.82) is 0 Å². The zero-order valence-corrected chi connectivity index (χ0v) is 20.2. The van der Waals surface area contributed by atoms with E-state index < -0.39 is 35.5 Å². The molecule has 0 bridgehead atoms. The molecule has 7 nitrogen and oxygen atoms in total. The average molecular weight is 549 g/mol. The van der Waals surface area contributed by atoms with E-state index >= 15 is 0 Å². The van der Waals surface area contributed by atoms with Crippen molar-refractivity contribution in [2.45, 2.75) is 18.6 Å². The van der Waals surface area contributed by atoms with Crippen molar-refractivity contribution in [3.05, 3.63) is 57.8 Å². The van der Waals surface area contributed by atoms with Gasteiger partial charge in [0, 0.05) is 17.1 Å². The highest BCUT2D eigenvalue weighted by Gasteiger charge is 2.35. The summed E-state index contributed by atoms with van der Waals surface area (Å²) in [5.74, 6) is -2.51. The predicted molar refractivity (Wildman–Crippen MR) is 128 cm³/mol. The number of amides is 1. The van der Waals surface area contributed by atoms with E-state index in [4.69, 9.17) is 11.6 Å². The summed E-state index contributed by atoms with van der Waals surface area (Å²) in [6, 6.07) is 3.21. The van der Waals surface area contributed by atoms with Crippen molar-refractivity contribution in [2.75, 3.05) is 22.6 Å². The average Bonchev–Trinajstić information content (AvgIpc) is 3.24. The van der Waals surface area contributed by atoms with Crippen LogP contribution in [0.4, 0.5) is 28.5 Å². The maximum Gasteiger partial charge on any atom is 0.419 e. The molecule has 0 aliphatic rings. The van der Waals surface area contributed by atoms with Gasteiger partial charge in [0.25, 0.3) is 5.91 Å². The quantitative estimate of drug-likeness (QED) is 0.287. The number of benzene rings is 1. The van der Waals surface area contributed by atoms with Crippen LogP contribution in [0.1, 0.15) is 22.3 Å². The molecule has 3 aromatic rings. The summed E-state index contributed by atoms with van der Waals surface area (Å²) in [6.07, 6.45) is -1.51. The van der Waals surface area contributed by atoms with E-state index in [0.29, 0.717) is 18.2 Å². The minimum Gasteiger partial charge on any atom is -0.480 e. The molecule has 186 valence electrons. The number of thioether (sulfide) groups is 1. The molecule has 0 saturated heterocycles. The Balaban J connectivity index is 1.74. The van der Waals surface area contributed by atoms with Gasteiger partial charge in [-0.1, -0.05) is 17.7 Å². The van der Waals surface area contributed by atoms with Crippen LogP contribution in [0.15, 0.2) is 35.8 Å². The number of pyridine rings is 1. The molecule has 2 heterocycles. The van der Waals surface area contributed by atoms with Gasteiger partial charge in [0.15, 0.2) is 5.13 Å². The lowest BCUT2D eigenvalue weighted by Gasteiger charge is -2.15. The maximum absolute atomic E-state index is 14.4. The largest absolute Gasteiger partial charge is 0.480 e. The number of thiazole rings is 1. The molecule has 0 radical (unpaired) electrons. The fourth-order valence-corrected chi connectivity index (χ4v) is 4.30. The van der Waals surface area contributed by atoms with E-state index in [1.165, 1.54) is 29.4 Å². The van der Waals surface area contributed by atoms with Crippen LogP contribution in [0.5, 0.6) is 0 Å². The number of hydrogen-bond donors (Lipinski definition) is 3. The van der Waals surface area contributed by atoms with E-state index in [-0.39, 0.29) is 32.8 Å². The summed E-state index contributed by atoms with van der Waals surface area (Å²) >= 11 is 8.54. The molecular formula is C21H17ClF4N4O3S2. The zero-order chi connectivity index (χ0) is 25.8. The van der Waals surface area contributed by atoms with Gasteiger partial charge in [0.2, 0.25) is 0 Å². The number of alkyl halides is 3. The lowest BCUT2D eigenvalue weighted by Crippen LogP contribution is -2.30. The van der Waals surface area contributed by atoms with Crippen LogP contribution in [-0.4, -0.2) is 45.0 Å². The fraction of sp³-hybridized carbons (Fsp3) is 0.238. The van der Waals surface area contributed by atoms with Crippen molar-refractivity contribution >= 4 is 57.5 Å². The minimum absolute atomic E-state index is 0.0129. The second kappa shape index (κ2) is 11.2. The molecule has 3 N–H and O–H groups in total. The molecule has 1 amide bonds. The van der Waals surface area contributed by atoms with Gasteiger partial charge in [-0.3, -0.25) is 10.1 Å². The van der Waals surface area contributed by atoms with Crippen LogP contribution in [0.3, 0.4) is 0 Å². The number of carboxylic acids is 1. The molecule has 2 aromatic heterocycles. The lowest BCUT2D eigenvalue weighted by molar-refractivity contribution is -0.140. The van der Waals surface area contributed by atoms with Gasteiger partial charge in [0.05, 0.1) is 21.8 Å². The number of nitrogens with zero attached hydrogens (tertiary/aromatic N) is 2. The van der Waals surface area contributed by atoms with Gasteiger partial charge in [-0.2, -0.15) is 24.9 Å². The molecule has 3 rings (SSSR count). The second-order valence-corrected chi connectivity index (χ2v) is 9.28. The molecular weight excluding hydrogens is 532 g/mol. The fourth-order valence-electron chi connectivity index (χ4n) is 2.90. The Bertz CT molecular complexity index is 1240. The number of aliphatic carboxylic acids is 1. The van der Waals surface area contributed by atoms with E-state index in [2.05, 4.69) is 20.6 Å². The Labute approximate surface area is 209 Å². The Morgan fingerprint density at radius 2 is 2.06 bits per heavy atom. The van der Waals surface area contributed by atoms with Crippen molar-refractivity contribution in [3.8, 4) is 11.3 Å². The van der Waals surface area contributed by atoms with Crippen LogP contribution in [-0.2, 0) is 11.0 Å². The predicted octanol–water partition coefficient (Wildman–Crippen LogP) is 5.89. The third-order valence-electron chi connectivity index (χ3n) is 4.63. The third kappa shape index (κ3) is 6.61. The Kier molecular flexibility index (Phi) is 8.56. The van der Waals surface area contributed by atoms with E-state index in [0.717, 1.165) is 23.5 Å². The van der Waals surface area contributed by atoms with Gasteiger partial charge in [-0.05, 0) is 36.6 Å². The lowest BCUT2D eigenvalue weighted by atomic mass is 10.1. The van der Waals surface area contributed by atoms with E-state index in [1.807, 2.05) is 6.26 Å². The summed E-state index contributed by atoms with van der Waals surface area (Å²) in [6.45, 7) is 0. The number of nitrogens with one attached hydrogen (secondary N) is 2. The number of carbonyl (C=O) groups is 2. The number of aromatic nitrogens is 2. The first-order chi connectivity index (χ1) is 16.5. The van der Waals surface area contributed by atoms with Gasteiger partial charge in [-0.15, -0.1) is 11.3 Å². The number of rotatable bonds is 9. The number of carboxylic acid groups (broad SMARTS) is 1. The molecule has 1 unspecified atom stereocenters.